The summed E-state index contributed by atoms with van der Waals surface area (Å²) in [5.74, 6) is 0.633. The van der Waals surface area contributed by atoms with Crippen LogP contribution in [0.4, 0.5) is 5.13 Å². The van der Waals surface area contributed by atoms with Gasteiger partial charge in [0, 0.05) is 0 Å². The maximum Gasteiger partial charge on any atom is 0.243 e. The van der Waals surface area contributed by atoms with Crippen LogP contribution in [-0.2, 0) is 4.79 Å². The molecular weight excluding hydrogens is 290 g/mol. The number of rotatable bonds is 2. The first-order valence-electron chi connectivity index (χ1n) is 5.30. The fourth-order valence-electron chi connectivity index (χ4n) is 1.81. The minimum atomic E-state index is -0.0774. The molecule has 0 bridgehead atoms. The van der Waals surface area contributed by atoms with Crippen LogP contribution in [-0.4, -0.2) is 23.5 Å². The Morgan fingerprint density at radius 3 is 3.19 bits per heavy atom. The Hall–Kier alpha value is -0.460. The second-order valence-electron chi connectivity index (χ2n) is 4.10. The lowest BCUT2D eigenvalue weighted by molar-refractivity contribution is -0.119. The van der Waals surface area contributed by atoms with Crippen molar-refractivity contribution in [2.75, 3.05) is 11.9 Å². The molecule has 1 aliphatic heterocycles. The van der Waals surface area contributed by atoms with Crippen molar-refractivity contribution in [3.05, 3.63) is 9.98 Å². The maximum atomic E-state index is 11.9. The Morgan fingerprint density at radius 1 is 1.75 bits per heavy atom. The highest BCUT2D eigenvalue weighted by atomic mass is 79.9. The van der Waals surface area contributed by atoms with Gasteiger partial charge in [-0.05, 0) is 41.2 Å². The normalized spacial score (nSPS) is 25.4. The number of nitrogens with zero attached hydrogens (tertiary/aromatic N) is 1. The standard InChI is InChI=1S/C10H14BrN3OS/c1-6-2-3-12-7(4-6)9(15)14-10-13-5-8(11)16-10/h5-7,12H,2-4H2,1H3,(H,13,14,15). The van der Waals surface area contributed by atoms with Crippen LogP contribution in [0.5, 0.6) is 0 Å². The fraction of sp³-hybridized carbons (Fsp3) is 0.600. The number of amides is 1. The van der Waals surface area contributed by atoms with E-state index in [9.17, 15) is 4.79 Å². The van der Waals surface area contributed by atoms with Gasteiger partial charge in [0.15, 0.2) is 5.13 Å². The smallest absolute Gasteiger partial charge is 0.243 e. The van der Waals surface area contributed by atoms with E-state index >= 15 is 0 Å². The van der Waals surface area contributed by atoms with Crippen LogP contribution < -0.4 is 10.6 Å². The number of piperidine rings is 1. The van der Waals surface area contributed by atoms with Crippen molar-refractivity contribution in [3.8, 4) is 0 Å². The highest BCUT2D eigenvalue weighted by Crippen LogP contribution is 2.24. The molecule has 0 aliphatic carbocycles. The summed E-state index contributed by atoms with van der Waals surface area (Å²) in [6, 6.07) is -0.0774. The van der Waals surface area contributed by atoms with E-state index in [0.717, 1.165) is 23.2 Å². The molecule has 2 atom stereocenters. The third kappa shape index (κ3) is 3.02. The number of thiazole rings is 1. The molecule has 1 saturated heterocycles. The average Bonchev–Trinajstić information content (AvgIpc) is 2.64. The lowest BCUT2D eigenvalue weighted by atomic mass is 9.94. The quantitative estimate of drug-likeness (QED) is 0.881. The van der Waals surface area contributed by atoms with Gasteiger partial charge in [0.05, 0.1) is 16.0 Å². The van der Waals surface area contributed by atoms with Crippen LogP contribution >= 0.6 is 27.3 Å². The van der Waals surface area contributed by atoms with Crippen molar-refractivity contribution >= 4 is 38.3 Å². The van der Waals surface area contributed by atoms with Crippen molar-refractivity contribution < 1.29 is 4.79 Å². The number of hydrogen-bond acceptors (Lipinski definition) is 4. The summed E-state index contributed by atoms with van der Waals surface area (Å²) < 4.78 is 0.924. The van der Waals surface area contributed by atoms with Crippen LogP contribution in [0.3, 0.4) is 0 Å². The number of aromatic nitrogens is 1. The maximum absolute atomic E-state index is 11.9. The van der Waals surface area contributed by atoms with Crippen molar-refractivity contribution in [1.29, 1.82) is 0 Å². The number of halogens is 1. The van der Waals surface area contributed by atoms with Gasteiger partial charge < -0.3 is 10.6 Å². The van der Waals surface area contributed by atoms with E-state index in [-0.39, 0.29) is 11.9 Å². The summed E-state index contributed by atoms with van der Waals surface area (Å²) in [5, 5.41) is 6.71. The summed E-state index contributed by atoms with van der Waals surface area (Å²) in [4.78, 5) is 16.0. The van der Waals surface area contributed by atoms with Crippen LogP contribution in [0.25, 0.3) is 0 Å². The van der Waals surface area contributed by atoms with Crippen molar-refractivity contribution in [2.45, 2.75) is 25.8 Å². The van der Waals surface area contributed by atoms with Gasteiger partial charge in [0.1, 0.15) is 0 Å². The molecule has 1 aromatic heterocycles. The van der Waals surface area contributed by atoms with Crippen LogP contribution in [0.2, 0.25) is 0 Å². The van der Waals surface area contributed by atoms with Gasteiger partial charge in [-0.25, -0.2) is 4.98 Å². The summed E-state index contributed by atoms with van der Waals surface area (Å²) in [5.41, 5.74) is 0. The third-order valence-electron chi connectivity index (χ3n) is 2.69. The summed E-state index contributed by atoms with van der Waals surface area (Å²) in [6.07, 6.45) is 3.74. The second-order valence-corrected chi connectivity index (χ2v) is 6.50. The largest absolute Gasteiger partial charge is 0.306 e. The molecule has 2 heterocycles. The summed E-state index contributed by atoms with van der Waals surface area (Å²) in [6.45, 7) is 3.10. The highest BCUT2D eigenvalue weighted by Gasteiger charge is 2.24. The monoisotopic (exact) mass is 303 g/mol. The van der Waals surface area contributed by atoms with E-state index in [4.69, 9.17) is 0 Å². The van der Waals surface area contributed by atoms with Gasteiger partial charge in [-0.15, -0.1) is 0 Å². The molecule has 1 fully saturated rings. The van der Waals surface area contributed by atoms with Gasteiger partial charge in [-0.1, -0.05) is 18.3 Å². The lowest BCUT2D eigenvalue weighted by Crippen LogP contribution is -2.45. The molecule has 88 valence electrons. The van der Waals surface area contributed by atoms with Gasteiger partial charge in [0.2, 0.25) is 5.91 Å². The molecule has 0 aromatic carbocycles. The number of carbonyl (C=O) groups is 1. The molecule has 1 aliphatic rings. The zero-order chi connectivity index (χ0) is 11.5. The molecule has 0 spiro atoms. The predicted molar refractivity (Wildman–Crippen MR) is 68.6 cm³/mol. The Balaban J connectivity index is 1.92. The van der Waals surface area contributed by atoms with Gasteiger partial charge in [-0.2, -0.15) is 0 Å². The molecule has 2 N–H and O–H groups in total. The molecule has 0 saturated carbocycles. The Bertz CT molecular complexity index is 382. The molecule has 0 radical (unpaired) electrons. The predicted octanol–water partition coefficient (Wildman–Crippen LogP) is 2.23. The van der Waals surface area contributed by atoms with Crippen molar-refractivity contribution in [2.24, 2.45) is 5.92 Å². The molecule has 1 amide bonds. The lowest BCUT2D eigenvalue weighted by Gasteiger charge is -2.26. The molecule has 6 heteroatoms. The van der Waals surface area contributed by atoms with E-state index in [2.05, 4.69) is 38.5 Å². The Labute approximate surface area is 107 Å². The van der Waals surface area contributed by atoms with Gasteiger partial charge in [-0.3, -0.25) is 4.79 Å². The molecule has 2 unspecified atom stereocenters. The second kappa shape index (κ2) is 5.25. The average molecular weight is 304 g/mol. The zero-order valence-electron chi connectivity index (χ0n) is 9.00. The van der Waals surface area contributed by atoms with Crippen molar-refractivity contribution in [3.63, 3.8) is 0 Å². The van der Waals surface area contributed by atoms with E-state index < -0.39 is 0 Å². The minimum Gasteiger partial charge on any atom is -0.306 e. The first-order valence-corrected chi connectivity index (χ1v) is 6.91. The van der Waals surface area contributed by atoms with Crippen LogP contribution in [0.15, 0.2) is 9.98 Å². The Kier molecular flexibility index (Phi) is 3.94. The van der Waals surface area contributed by atoms with Crippen molar-refractivity contribution in [1.82, 2.24) is 10.3 Å². The van der Waals surface area contributed by atoms with Gasteiger partial charge in [0.25, 0.3) is 0 Å². The molecule has 16 heavy (non-hydrogen) atoms. The van der Waals surface area contributed by atoms with E-state index in [0.29, 0.717) is 11.0 Å². The fourth-order valence-corrected chi connectivity index (χ4v) is 2.92. The number of hydrogen-bond donors (Lipinski definition) is 2. The molecule has 1 aromatic rings. The van der Waals surface area contributed by atoms with E-state index in [1.165, 1.54) is 11.3 Å². The number of nitrogens with one attached hydrogen (secondary N) is 2. The summed E-state index contributed by atoms with van der Waals surface area (Å²) in [7, 11) is 0. The topological polar surface area (TPSA) is 54.0 Å². The first-order chi connectivity index (χ1) is 7.65. The Morgan fingerprint density at radius 2 is 2.56 bits per heavy atom. The molecule has 4 nitrogen and oxygen atoms in total. The van der Waals surface area contributed by atoms with Crippen LogP contribution in [0, 0.1) is 5.92 Å². The molecule has 2 rings (SSSR count). The third-order valence-corrected chi connectivity index (χ3v) is 4.08. The van der Waals surface area contributed by atoms with Crippen LogP contribution in [0.1, 0.15) is 19.8 Å². The highest BCUT2D eigenvalue weighted by molar-refractivity contribution is 9.11. The van der Waals surface area contributed by atoms with E-state index in [1.807, 2.05) is 0 Å². The SMILES string of the molecule is CC1CCNC(C(=O)Nc2ncc(Br)s2)C1. The molecular formula is C10H14BrN3OS. The first kappa shape index (κ1) is 12.0. The number of carbonyl (C=O) groups excluding carboxylic acids is 1. The minimum absolute atomic E-state index is 0.0217. The number of anilines is 1. The van der Waals surface area contributed by atoms with E-state index in [1.54, 1.807) is 6.20 Å². The zero-order valence-corrected chi connectivity index (χ0v) is 11.4. The van der Waals surface area contributed by atoms with Gasteiger partial charge >= 0.3 is 0 Å². The summed E-state index contributed by atoms with van der Waals surface area (Å²) >= 11 is 4.74.